The first-order chi connectivity index (χ1) is 8.56. The van der Waals surface area contributed by atoms with Gasteiger partial charge in [0.2, 0.25) is 0 Å². The van der Waals surface area contributed by atoms with Crippen LogP contribution in [0.5, 0.6) is 0 Å². The van der Waals surface area contributed by atoms with E-state index in [9.17, 15) is 0 Å². The van der Waals surface area contributed by atoms with Crippen molar-refractivity contribution in [2.24, 2.45) is 5.41 Å². The van der Waals surface area contributed by atoms with Gasteiger partial charge in [-0.3, -0.25) is 0 Å². The first-order valence-electron chi connectivity index (χ1n) is 6.74. The molecule has 0 heteroatoms. The van der Waals surface area contributed by atoms with Gasteiger partial charge >= 0.3 is 0 Å². The van der Waals surface area contributed by atoms with Crippen molar-refractivity contribution in [2.45, 2.75) is 33.1 Å². The molecule has 0 atom stereocenters. The zero-order valence-corrected chi connectivity index (χ0v) is 11.4. The molecular weight excluding hydrogens is 216 g/mol. The maximum Gasteiger partial charge on any atom is 0.0107 e. The summed E-state index contributed by atoms with van der Waals surface area (Å²) in [5.41, 5.74) is 6.24. The summed E-state index contributed by atoms with van der Waals surface area (Å²) in [5.74, 6) is 0.567. The number of hydrogen-bond acceptors (Lipinski definition) is 0. The van der Waals surface area contributed by atoms with Gasteiger partial charge in [0.1, 0.15) is 0 Å². The van der Waals surface area contributed by atoms with Crippen LogP contribution in [0.4, 0.5) is 0 Å². The standard InChI is InChI=1S/C18H20/c1-18(2,3)12-17-15-10-6-4-8-13(15)14-9-5-7-11-16(14)17/h4-11,17H,12H2,1-3H3. The third-order valence-corrected chi connectivity index (χ3v) is 3.78. The molecule has 0 heterocycles. The van der Waals surface area contributed by atoms with E-state index in [4.69, 9.17) is 0 Å². The Balaban J connectivity index is 2.15. The fourth-order valence-electron chi connectivity index (χ4n) is 3.09. The van der Waals surface area contributed by atoms with E-state index in [2.05, 4.69) is 69.3 Å². The Morgan fingerprint density at radius 2 is 1.22 bits per heavy atom. The first-order valence-corrected chi connectivity index (χ1v) is 6.74. The molecular formula is C18H20. The van der Waals surface area contributed by atoms with Gasteiger partial charge in [0, 0.05) is 5.92 Å². The smallest absolute Gasteiger partial charge is 0.0107 e. The maximum absolute atomic E-state index is 2.33. The van der Waals surface area contributed by atoms with Crippen molar-refractivity contribution >= 4 is 0 Å². The second-order valence-corrected chi connectivity index (χ2v) is 6.49. The normalized spacial score (nSPS) is 14.4. The van der Waals surface area contributed by atoms with Gasteiger partial charge in [0.15, 0.2) is 0 Å². The van der Waals surface area contributed by atoms with Crippen LogP contribution in [0, 0.1) is 5.41 Å². The average molecular weight is 236 g/mol. The van der Waals surface area contributed by atoms with Crippen molar-refractivity contribution in [3.63, 3.8) is 0 Å². The number of hydrogen-bond donors (Lipinski definition) is 0. The number of fused-ring (bicyclic) bond motifs is 3. The molecule has 1 aliphatic carbocycles. The topological polar surface area (TPSA) is 0 Å². The zero-order chi connectivity index (χ0) is 12.8. The van der Waals surface area contributed by atoms with Crippen LogP contribution in [0.25, 0.3) is 11.1 Å². The summed E-state index contributed by atoms with van der Waals surface area (Å²) in [6, 6.07) is 17.7. The minimum Gasteiger partial charge on any atom is -0.0619 e. The Morgan fingerprint density at radius 1 is 0.778 bits per heavy atom. The monoisotopic (exact) mass is 236 g/mol. The summed E-state index contributed by atoms with van der Waals surface area (Å²) in [6.07, 6.45) is 1.21. The molecule has 0 aliphatic heterocycles. The number of benzene rings is 2. The second-order valence-electron chi connectivity index (χ2n) is 6.49. The highest BCUT2D eigenvalue weighted by Gasteiger charge is 2.30. The average Bonchev–Trinajstić information content (AvgIpc) is 2.64. The van der Waals surface area contributed by atoms with Gasteiger partial charge in [0.25, 0.3) is 0 Å². The molecule has 2 aromatic carbocycles. The van der Waals surface area contributed by atoms with E-state index in [1.807, 2.05) is 0 Å². The van der Waals surface area contributed by atoms with E-state index in [0.717, 1.165) is 0 Å². The molecule has 2 aromatic rings. The Bertz CT molecular complexity index is 527. The highest BCUT2D eigenvalue weighted by atomic mass is 14.3. The Morgan fingerprint density at radius 3 is 1.67 bits per heavy atom. The minimum absolute atomic E-state index is 0.356. The minimum atomic E-state index is 0.356. The van der Waals surface area contributed by atoms with Gasteiger partial charge < -0.3 is 0 Å². The molecule has 0 aromatic heterocycles. The van der Waals surface area contributed by atoms with Gasteiger partial charge in [-0.25, -0.2) is 0 Å². The summed E-state index contributed by atoms with van der Waals surface area (Å²) in [4.78, 5) is 0. The fraction of sp³-hybridized carbons (Fsp3) is 0.333. The molecule has 92 valence electrons. The quantitative estimate of drug-likeness (QED) is 0.635. The zero-order valence-electron chi connectivity index (χ0n) is 11.4. The molecule has 0 fully saturated rings. The van der Waals surface area contributed by atoms with Crippen LogP contribution in [-0.4, -0.2) is 0 Å². The highest BCUT2D eigenvalue weighted by Crippen LogP contribution is 2.48. The van der Waals surface area contributed by atoms with Gasteiger partial charge in [-0.2, -0.15) is 0 Å². The molecule has 0 N–H and O–H groups in total. The second kappa shape index (κ2) is 3.98. The van der Waals surface area contributed by atoms with Crippen LogP contribution in [0.15, 0.2) is 48.5 Å². The van der Waals surface area contributed by atoms with Gasteiger partial charge in [-0.15, -0.1) is 0 Å². The van der Waals surface area contributed by atoms with E-state index in [1.165, 1.54) is 28.7 Å². The molecule has 0 amide bonds. The third kappa shape index (κ3) is 1.86. The van der Waals surface area contributed by atoms with Crippen LogP contribution in [-0.2, 0) is 0 Å². The Hall–Kier alpha value is -1.56. The molecule has 0 saturated heterocycles. The lowest BCUT2D eigenvalue weighted by atomic mass is 9.80. The molecule has 0 radical (unpaired) electrons. The SMILES string of the molecule is CC(C)(C)CC1c2ccccc2-c2ccccc21. The predicted octanol–water partition coefficient (Wildman–Crippen LogP) is 5.24. The molecule has 18 heavy (non-hydrogen) atoms. The molecule has 0 saturated carbocycles. The summed E-state index contributed by atoms with van der Waals surface area (Å²) < 4.78 is 0. The first kappa shape index (κ1) is 11.5. The summed E-state index contributed by atoms with van der Waals surface area (Å²) >= 11 is 0. The van der Waals surface area contributed by atoms with Crippen molar-refractivity contribution in [1.82, 2.24) is 0 Å². The van der Waals surface area contributed by atoms with E-state index in [1.54, 1.807) is 0 Å². The van der Waals surface area contributed by atoms with Crippen molar-refractivity contribution in [3.05, 3.63) is 59.7 Å². The largest absolute Gasteiger partial charge is 0.0619 e. The van der Waals surface area contributed by atoms with E-state index < -0.39 is 0 Å². The van der Waals surface area contributed by atoms with Crippen molar-refractivity contribution < 1.29 is 0 Å². The third-order valence-electron chi connectivity index (χ3n) is 3.78. The molecule has 1 aliphatic rings. The molecule has 0 bridgehead atoms. The summed E-state index contributed by atoms with van der Waals surface area (Å²) in [6.45, 7) is 6.99. The van der Waals surface area contributed by atoms with Crippen LogP contribution in [0.1, 0.15) is 44.2 Å². The highest BCUT2D eigenvalue weighted by molar-refractivity contribution is 5.78. The van der Waals surface area contributed by atoms with E-state index in [-0.39, 0.29) is 0 Å². The molecule has 3 rings (SSSR count). The molecule has 0 unspecified atom stereocenters. The molecule has 0 nitrogen and oxygen atoms in total. The Labute approximate surface area is 110 Å². The molecule has 0 spiro atoms. The van der Waals surface area contributed by atoms with E-state index in [0.29, 0.717) is 11.3 Å². The van der Waals surface area contributed by atoms with Crippen molar-refractivity contribution in [3.8, 4) is 11.1 Å². The van der Waals surface area contributed by atoms with Gasteiger partial charge in [-0.05, 0) is 34.1 Å². The predicted molar refractivity (Wildman–Crippen MR) is 77.8 cm³/mol. The van der Waals surface area contributed by atoms with Crippen LogP contribution in [0.3, 0.4) is 0 Å². The fourth-order valence-corrected chi connectivity index (χ4v) is 3.09. The van der Waals surface area contributed by atoms with Crippen molar-refractivity contribution in [2.75, 3.05) is 0 Å². The van der Waals surface area contributed by atoms with Crippen LogP contribution >= 0.6 is 0 Å². The van der Waals surface area contributed by atoms with Crippen LogP contribution < -0.4 is 0 Å². The lowest BCUT2D eigenvalue weighted by Gasteiger charge is -2.24. The Kier molecular flexibility index (Phi) is 2.55. The van der Waals surface area contributed by atoms with E-state index >= 15 is 0 Å². The number of rotatable bonds is 1. The van der Waals surface area contributed by atoms with Gasteiger partial charge in [-0.1, -0.05) is 69.3 Å². The lowest BCUT2D eigenvalue weighted by molar-refractivity contribution is 0.359. The maximum atomic E-state index is 2.33. The lowest BCUT2D eigenvalue weighted by Crippen LogP contribution is -2.11. The van der Waals surface area contributed by atoms with Crippen LogP contribution in [0.2, 0.25) is 0 Å². The summed E-state index contributed by atoms with van der Waals surface area (Å²) in [7, 11) is 0. The van der Waals surface area contributed by atoms with Gasteiger partial charge in [0.05, 0.1) is 0 Å². The van der Waals surface area contributed by atoms with Crippen molar-refractivity contribution in [1.29, 1.82) is 0 Å². The summed E-state index contributed by atoms with van der Waals surface area (Å²) in [5, 5.41) is 0.